The van der Waals surface area contributed by atoms with Gasteiger partial charge in [-0.25, -0.2) is 4.79 Å². The standard InChI is InChI=1S/C17H31NO6/c1-4-14(2)11-15(3)12-16(19)18-5-6-22-7-8-23-9-10-24-13-17(20)21/h14H,3-13H2,1-2H3,(H,18,19)(H,20,21). The summed E-state index contributed by atoms with van der Waals surface area (Å²) in [5.41, 5.74) is 0.960. The van der Waals surface area contributed by atoms with Gasteiger partial charge in [-0.1, -0.05) is 32.4 Å². The second-order valence-corrected chi connectivity index (χ2v) is 5.67. The van der Waals surface area contributed by atoms with E-state index in [0.717, 1.165) is 18.4 Å². The smallest absolute Gasteiger partial charge is 0.329 e. The van der Waals surface area contributed by atoms with Gasteiger partial charge in [-0.15, -0.1) is 0 Å². The van der Waals surface area contributed by atoms with Crippen LogP contribution in [-0.2, 0) is 23.8 Å². The van der Waals surface area contributed by atoms with E-state index < -0.39 is 5.97 Å². The van der Waals surface area contributed by atoms with Crippen LogP contribution in [0.15, 0.2) is 12.2 Å². The van der Waals surface area contributed by atoms with Gasteiger partial charge in [-0.05, 0) is 12.3 Å². The molecule has 0 rings (SSSR count). The van der Waals surface area contributed by atoms with Crippen LogP contribution in [-0.4, -0.2) is 63.2 Å². The monoisotopic (exact) mass is 345 g/mol. The van der Waals surface area contributed by atoms with Crippen LogP contribution in [0.4, 0.5) is 0 Å². The molecule has 1 atom stereocenters. The molecule has 0 aliphatic carbocycles. The van der Waals surface area contributed by atoms with Crippen molar-refractivity contribution in [1.29, 1.82) is 0 Å². The molecule has 7 nitrogen and oxygen atoms in total. The topological polar surface area (TPSA) is 94.1 Å². The molecule has 0 aromatic heterocycles. The first-order valence-electron chi connectivity index (χ1n) is 8.34. The van der Waals surface area contributed by atoms with Gasteiger partial charge < -0.3 is 24.6 Å². The number of aliphatic carboxylic acids is 1. The van der Waals surface area contributed by atoms with Gasteiger partial charge in [0.1, 0.15) is 6.61 Å². The van der Waals surface area contributed by atoms with Crippen molar-refractivity contribution in [2.45, 2.75) is 33.1 Å². The highest BCUT2D eigenvalue weighted by atomic mass is 16.5. The van der Waals surface area contributed by atoms with Gasteiger partial charge in [0.2, 0.25) is 5.91 Å². The van der Waals surface area contributed by atoms with Crippen LogP contribution in [0.2, 0.25) is 0 Å². The molecule has 0 aromatic carbocycles. The van der Waals surface area contributed by atoms with E-state index in [1.54, 1.807) is 0 Å². The second kappa shape index (κ2) is 15.1. The van der Waals surface area contributed by atoms with Crippen LogP contribution in [0, 0.1) is 5.92 Å². The lowest BCUT2D eigenvalue weighted by atomic mass is 9.98. The van der Waals surface area contributed by atoms with Gasteiger partial charge in [-0.2, -0.15) is 0 Å². The number of hydrogen-bond acceptors (Lipinski definition) is 5. The minimum absolute atomic E-state index is 0.0290. The minimum Gasteiger partial charge on any atom is -0.480 e. The fourth-order valence-corrected chi connectivity index (χ4v) is 1.86. The van der Waals surface area contributed by atoms with Crippen LogP contribution in [0.1, 0.15) is 33.1 Å². The summed E-state index contributed by atoms with van der Waals surface area (Å²) in [6, 6.07) is 0. The fraction of sp³-hybridized carbons (Fsp3) is 0.765. The van der Waals surface area contributed by atoms with E-state index in [0.29, 0.717) is 45.3 Å². The Morgan fingerprint density at radius 2 is 1.67 bits per heavy atom. The van der Waals surface area contributed by atoms with E-state index in [9.17, 15) is 9.59 Å². The van der Waals surface area contributed by atoms with Crippen molar-refractivity contribution in [2.75, 3.05) is 46.2 Å². The summed E-state index contributed by atoms with van der Waals surface area (Å²) >= 11 is 0. The van der Waals surface area contributed by atoms with Crippen molar-refractivity contribution in [3.63, 3.8) is 0 Å². The molecular formula is C17H31NO6. The predicted molar refractivity (Wildman–Crippen MR) is 90.9 cm³/mol. The highest BCUT2D eigenvalue weighted by Crippen LogP contribution is 2.15. The molecule has 24 heavy (non-hydrogen) atoms. The van der Waals surface area contributed by atoms with E-state index in [4.69, 9.17) is 19.3 Å². The summed E-state index contributed by atoms with van der Waals surface area (Å²) < 4.78 is 15.3. The number of carboxylic acid groups (broad SMARTS) is 1. The molecule has 140 valence electrons. The maximum atomic E-state index is 11.7. The van der Waals surface area contributed by atoms with Crippen LogP contribution >= 0.6 is 0 Å². The molecule has 0 aliphatic heterocycles. The summed E-state index contributed by atoms with van der Waals surface area (Å²) in [4.78, 5) is 21.9. The van der Waals surface area contributed by atoms with Crippen molar-refractivity contribution in [3.8, 4) is 0 Å². The normalized spacial score (nSPS) is 11.9. The van der Waals surface area contributed by atoms with Crippen molar-refractivity contribution in [1.82, 2.24) is 5.32 Å². The SMILES string of the molecule is C=C(CC(=O)NCCOCCOCCOCC(=O)O)CC(C)CC. The average Bonchev–Trinajstić information content (AvgIpc) is 2.51. The van der Waals surface area contributed by atoms with Gasteiger partial charge in [0.15, 0.2) is 0 Å². The van der Waals surface area contributed by atoms with E-state index in [-0.39, 0.29) is 19.1 Å². The zero-order chi connectivity index (χ0) is 18.2. The molecule has 0 saturated carbocycles. The number of nitrogens with one attached hydrogen (secondary N) is 1. The summed E-state index contributed by atoms with van der Waals surface area (Å²) in [5.74, 6) is -0.467. The number of hydrogen-bond donors (Lipinski definition) is 2. The minimum atomic E-state index is -0.996. The van der Waals surface area contributed by atoms with Crippen LogP contribution in [0.5, 0.6) is 0 Å². The molecule has 0 bridgehead atoms. The maximum absolute atomic E-state index is 11.7. The molecule has 0 radical (unpaired) electrons. The third kappa shape index (κ3) is 15.5. The molecular weight excluding hydrogens is 314 g/mol. The average molecular weight is 345 g/mol. The van der Waals surface area contributed by atoms with Crippen molar-refractivity contribution < 1.29 is 28.9 Å². The van der Waals surface area contributed by atoms with Crippen LogP contribution < -0.4 is 5.32 Å². The van der Waals surface area contributed by atoms with Crippen LogP contribution in [0.25, 0.3) is 0 Å². The van der Waals surface area contributed by atoms with E-state index in [1.807, 2.05) is 0 Å². The molecule has 1 unspecified atom stereocenters. The molecule has 0 spiro atoms. The Balaban J connectivity index is 3.36. The summed E-state index contributed by atoms with van der Waals surface area (Å²) in [5, 5.41) is 11.1. The molecule has 1 amide bonds. The lowest BCUT2D eigenvalue weighted by Crippen LogP contribution is -2.27. The third-order valence-corrected chi connectivity index (χ3v) is 3.28. The Bertz CT molecular complexity index is 372. The molecule has 0 heterocycles. The maximum Gasteiger partial charge on any atom is 0.329 e. The summed E-state index contributed by atoms with van der Waals surface area (Å²) in [6.07, 6.45) is 2.33. The molecule has 0 aromatic rings. The number of amides is 1. The lowest BCUT2D eigenvalue weighted by molar-refractivity contribution is -0.142. The Hall–Kier alpha value is -1.44. The van der Waals surface area contributed by atoms with Gasteiger partial charge >= 0.3 is 5.97 Å². The quantitative estimate of drug-likeness (QED) is 0.326. The van der Waals surface area contributed by atoms with Crippen LogP contribution in [0.3, 0.4) is 0 Å². The highest BCUT2D eigenvalue weighted by molar-refractivity contribution is 5.78. The molecule has 0 saturated heterocycles. The number of rotatable bonds is 16. The zero-order valence-electron chi connectivity index (χ0n) is 14.8. The van der Waals surface area contributed by atoms with E-state index in [1.165, 1.54) is 0 Å². The largest absolute Gasteiger partial charge is 0.480 e. The highest BCUT2D eigenvalue weighted by Gasteiger charge is 2.07. The number of carboxylic acids is 1. The first kappa shape index (κ1) is 22.6. The van der Waals surface area contributed by atoms with Gasteiger partial charge in [0.05, 0.1) is 33.0 Å². The first-order valence-corrected chi connectivity index (χ1v) is 8.34. The first-order chi connectivity index (χ1) is 11.5. The molecule has 7 heteroatoms. The van der Waals surface area contributed by atoms with Crippen molar-refractivity contribution >= 4 is 11.9 Å². The van der Waals surface area contributed by atoms with Crippen molar-refractivity contribution in [3.05, 3.63) is 12.2 Å². The van der Waals surface area contributed by atoms with Gasteiger partial charge in [0, 0.05) is 13.0 Å². The van der Waals surface area contributed by atoms with Gasteiger partial charge in [-0.3, -0.25) is 4.79 Å². The van der Waals surface area contributed by atoms with E-state index in [2.05, 4.69) is 25.7 Å². The van der Waals surface area contributed by atoms with Crippen molar-refractivity contribution in [2.24, 2.45) is 5.92 Å². The second-order valence-electron chi connectivity index (χ2n) is 5.67. The lowest BCUT2D eigenvalue weighted by Gasteiger charge is -2.11. The molecule has 0 fully saturated rings. The predicted octanol–water partition coefficient (Wildman–Crippen LogP) is 1.62. The fourth-order valence-electron chi connectivity index (χ4n) is 1.86. The third-order valence-electron chi connectivity index (χ3n) is 3.28. The molecule has 0 aliphatic rings. The molecule has 2 N–H and O–H groups in total. The Morgan fingerprint density at radius 1 is 1.08 bits per heavy atom. The number of carbonyl (C=O) groups is 2. The summed E-state index contributed by atoms with van der Waals surface area (Å²) in [6.45, 7) is 10.2. The Kier molecular flexibility index (Phi) is 14.2. The Labute approximate surface area is 144 Å². The summed E-state index contributed by atoms with van der Waals surface area (Å²) in [7, 11) is 0. The zero-order valence-corrected chi connectivity index (χ0v) is 14.8. The number of carbonyl (C=O) groups excluding carboxylic acids is 1. The number of ether oxygens (including phenoxy) is 3. The Morgan fingerprint density at radius 3 is 2.25 bits per heavy atom. The van der Waals surface area contributed by atoms with E-state index >= 15 is 0 Å². The van der Waals surface area contributed by atoms with Gasteiger partial charge in [0.25, 0.3) is 0 Å².